The molecule has 38 heavy (non-hydrogen) atoms. The first-order valence-corrected chi connectivity index (χ1v) is 13.2. The largest absolute Gasteiger partial charge is 0.415 e. The van der Waals surface area contributed by atoms with Crippen molar-refractivity contribution in [2.45, 2.75) is 13.0 Å². The molecule has 0 unspecified atom stereocenters. The number of hydrogen-bond donors (Lipinski definition) is 2. The summed E-state index contributed by atoms with van der Waals surface area (Å²) in [6.07, 6.45) is 2.57. The molecule has 0 atom stereocenters. The highest BCUT2D eigenvalue weighted by atomic mass is 16.6. The number of amides is 2. The van der Waals surface area contributed by atoms with E-state index in [0.717, 1.165) is 58.9 Å². The minimum absolute atomic E-state index is 0.179. The second kappa shape index (κ2) is 12.7. The molecule has 2 aliphatic rings. The third-order valence-corrected chi connectivity index (χ3v) is 7.03. The molecule has 9 nitrogen and oxygen atoms in total. The van der Waals surface area contributed by atoms with Gasteiger partial charge in [0.15, 0.2) is 0 Å². The molecule has 0 aliphatic carbocycles. The molecule has 3 heterocycles. The molecule has 2 aliphatic heterocycles. The molecule has 5 rings (SSSR count). The average Bonchev–Trinajstić information content (AvgIpc) is 3.48. The van der Waals surface area contributed by atoms with Crippen LogP contribution in [-0.4, -0.2) is 90.7 Å². The molecule has 2 aromatic carbocycles. The Morgan fingerprint density at radius 1 is 0.868 bits per heavy atom. The Balaban J connectivity index is 1.05. The number of H-pyrrole nitrogens is 1. The molecule has 2 amide bonds. The van der Waals surface area contributed by atoms with E-state index < -0.39 is 0 Å². The summed E-state index contributed by atoms with van der Waals surface area (Å²) in [6, 6.07) is 18.7. The molecule has 2 saturated heterocycles. The van der Waals surface area contributed by atoms with E-state index in [2.05, 4.69) is 26.2 Å². The van der Waals surface area contributed by atoms with Gasteiger partial charge in [0, 0.05) is 81.9 Å². The van der Waals surface area contributed by atoms with Crippen LogP contribution in [0.25, 0.3) is 0 Å². The number of benzene rings is 2. The predicted molar refractivity (Wildman–Crippen MR) is 145 cm³/mol. The Kier molecular flexibility index (Phi) is 8.70. The van der Waals surface area contributed by atoms with Gasteiger partial charge in [0.05, 0.1) is 13.2 Å². The second-order valence-corrected chi connectivity index (χ2v) is 9.71. The van der Waals surface area contributed by atoms with Crippen molar-refractivity contribution in [3.8, 4) is 5.75 Å². The van der Waals surface area contributed by atoms with E-state index in [9.17, 15) is 9.59 Å². The first-order valence-electron chi connectivity index (χ1n) is 13.2. The number of aromatic nitrogens is 1. The molecular weight excluding hydrogens is 482 g/mol. The molecule has 2 fully saturated rings. The summed E-state index contributed by atoms with van der Waals surface area (Å²) in [6.45, 7) is 8.16. The number of rotatable bonds is 8. The Morgan fingerprint density at radius 2 is 1.61 bits per heavy atom. The number of aromatic amines is 1. The minimum atomic E-state index is -0.344. The molecule has 9 heteroatoms. The number of hydrogen-bond acceptors (Lipinski definition) is 6. The number of carbonyl (C=O) groups excluding carboxylic acids is 2. The zero-order chi connectivity index (χ0) is 26.2. The Hall–Kier alpha value is -3.66. The van der Waals surface area contributed by atoms with Gasteiger partial charge in [-0.05, 0) is 54.1 Å². The van der Waals surface area contributed by atoms with Crippen molar-refractivity contribution in [1.82, 2.24) is 19.7 Å². The van der Waals surface area contributed by atoms with Crippen molar-refractivity contribution in [2.75, 3.05) is 64.3 Å². The van der Waals surface area contributed by atoms with Crippen molar-refractivity contribution in [1.29, 1.82) is 0 Å². The lowest BCUT2D eigenvalue weighted by Gasteiger charge is -2.33. The predicted octanol–water partition coefficient (Wildman–Crippen LogP) is 3.46. The Bertz CT molecular complexity index is 1170. The van der Waals surface area contributed by atoms with Gasteiger partial charge < -0.3 is 24.7 Å². The number of morpholine rings is 1. The van der Waals surface area contributed by atoms with Gasteiger partial charge in [-0.1, -0.05) is 12.1 Å². The quantitative estimate of drug-likeness (QED) is 0.476. The van der Waals surface area contributed by atoms with E-state index in [1.807, 2.05) is 36.5 Å². The number of piperazine rings is 1. The number of ether oxygens (including phenoxy) is 2. The van der Waals surface area contributed by atoms with Gasteiger partial charge in [0.2, 0.25) is 0 Å². The number of carbonyl (C=O) groups is 2. The third-order valence-electron chi connectivity index (χ3n) is 7.03. The van der Waals surface area contributed by atoms with Crippen LogP contribution in [0, 0.1) is 0 Å². The van der Waals surface area contributed by atoms with Gasteiger partial charge in [0.25, 0.3) is 5.91 Å². The van der Waals surface area contributed by atoms with Crippen LogP contribution in [0.3, 0.4) is 0 Å². The highest BCUT2D eigenvalue weighted by Crippen LogP contribution is 2.18. The van der Waals surface area contributed by atoms with Gasteiger partial charge in [-0.2, -0.15) is 0 Å². The smallest absolute Gasteiger partial charge is 0.410 e. The number of anilines is 1. The van der Waals surface area contributed by atoms with E-state index in [4.69, 9.17) is 9.47 Å². The highest BCUT2D eigenvalue weighted by molar-refractivity contribution is 6.04. The summed E-state index contributed by atoms with van der Waals surface area (Å²) in [5.41, 5.74) is 3.64. The van der Waals surface area contributed by atoms with Crippen LogP contribution in [0.15, 0.2) is 66.9 Å². The average molecular weight is 518 g/mol. The molecule has 3 aromatic rings. The Labute approximate surface area is 223 Å². The van der Waals surface area contributed by atoms with Gasteiger partial charge >= 0.3 is 6.09 Å². The minimum Gasteiger partial charge on any atom is -0.410 e. The van der Waals surface area contributed by atoms with E-state index >= 15 is 0 Å². The molecule has 0 spiro atoms. The molecule has 0 saturated carbocycles. The van der Waals surface area contributed by atoms with Gasteiger partial charge in [-0.15, -0.1) is 0 Å². The fraction of sp³-hybridized carbons (Fsp3) is 0.379. The zero-order valence-corrected chi connectivity index (χ0v) is 21.6. The highest BCUT2D eigenvalue weighted by Gasteiger charge is 2.22. The van der Waals surface area contributed by atoms with E-state index in [1.165, 1.54) is 11.3 Å². The van der Waals surface area contributed by atoms with Crippen LogP contribution in [-0.2, 0) is 17.7 Å². The van der Waals surface area contributed by atoms with Crippen molar-refractivity contribution in [3.63, 3.8) is 0 Å². The van der Waals surface area contributed by atoms with Gasteiger partial charge in [0.1, 0.15) is 5.75 Å². The number of nitrogens with zero attached hydrogens (tertiary/aromatic N) is 3. The van der Waals surface area contributed by atoms with Crippen LogP contribution in [0.1, 0.15) is 21.6 Å². The number of nitrogens with one attached hydrogen (secondary N) is 2. The summed E-state index contributed by atoms with van der Waals surface area (Å²) in [4.78, 5) is 35.0. The Morgan fingerprint density at radius 3 is 2.29 bits per heavy atom. The normalized spacial score (nSPS) is 16.8. The molecule has 0 radical (unpaired) electrons. The lowest BCUT2D eigenvalue weighted by atomic mass is 10.1. The summed E-state index contributed by atoms with van der Waals surface area (Å²) >= 11 is 0. The maximum Gasteiger partial charge on any atom is 0.415 e. The molecule has 200 valence electrons. The van der Waals surface area contributed by atoms with Crippen LogP contribution in [0.5, 0.6) is 5.75 Å². The van der Waals surface area contributed by atoms with E-state index in [0.29, 0.717) is 30.1 Å². The van der Waals surface area contributed by atoms with Crippen LogP contribution in [0.2, 0.25) is 0 Å². The summed E-state index contributed by atoms with van der Waals surface area (Å²) in [5, 5.41) is 2.91. The van der Waals surface area contributed by atoms with Crippen molar-refractivity contribution >= 4 is 17.7 Å². The standard InChI is InChI=1S/C29H35N5O4/c35-28(24-5-3-23(4-6-24)22-33-18-20-37-21-19-33)31-26-7-9-27(10-8-26)38-29(36)34-16-14-32(15-17-34)13-11-25-2-1-12-30-25/h1-10,12,30H,11,13-22H2,(H,31,35). The van der Waals surface area contributed by atoms with Crippen molar-refractivity contribution < 1.29 is 19.1 Å². The summed E-state index contributed by atoms with van der Waals surface area (Å²) in [5.74, 6) is 0.274. The third kappa shape index (κ3) is 7.22. The van der Waals surface area contributed by atoms with E-state index in [1.54, 1.807) is 29.2 Å². The monoisotopic (exact) mass is 517 g/mol. The second-order valence-electron chi connectivity index (χ2n) is 9.71. The van der Waals surface area contributed by atoms with Crippen LogP contribution < -0.4 is 10.1 Å². The lowest BCUT2D eigenvalue weighted by molar-refractivity contribution is 0.0342. The maximum absolute atomic E-state index is 12.7. The van der Waals surface area contributed by atoms with Crippen molar-refractivity contribution in [3.05, 3.63) is 83.7 Å². The van der Waals surface area contributed by atoms with Gasteiger partial charge in [-0.3, -0.25) is 14.6 Å². The van der Waals surface area contributed by atoms with Crippen LogP contribution in [0.4, 0.5) is 10.5 Å². The molecule has 0 bridgehead atoms. The molecule has 1 aromatic heterocycles. The first kappa shape index (κ1) is 26.0. The summed E-state index contributed by atoms with van der Waals surface area (Å²) < 4.78 is 11.0. The zero-order valence-electron chi connectivity index (χ0n) is 21.6. The SMILES string of the molecule is O=C(Nc1ccc(OC(=O)N2CCN(CCc3ccc[nH]3)CC2)cc1)c1ccc(CN2CCOCC2)cc1. The summed E-state index contributed by atoms with van der Waals surface area (Å²) in [7, 11) is 0. The maximum atomic E-state index is 12.7. The fourth-order valence-electron chi connectivity index (χ4n) is 4.71. The molecular formula is C29H35N5O4. The first-order chi connectivity index (χ1) is 18.6. The molecule has 2 N–H and O–H groups in total. The lowest BCUT2D eigenvalue weighted by Crippen LogP contribution is -2.49. The van der Waals surface area contributed by atoms with Crippen LogP contribution >= 0.6 is 0 Å². The van der Waals surface area contributed by atoms with Crippen molar-refractivity contribution in [2.24, 2.45) is 0 Å². The topological polar surface area (TPSA) is 90.1 Å². The van der Waals surface area contributed by atoms with Gasteiger partial charge in [-0.25, -0.2) is 4.79 Å². The fourth-order valence-corrected chi connectivity index (χ4v) is 4.71. The van der Waals surface area contributed by atoms with E-state index in [-0.39, 0.29) is 12.0 Å².